The standard InChI is InChI=1S/C20H22ClFN6O/c1-12(2)19-25-24-17-7-8-18(26-28(17)19)27-9-3-4-13(11-27)20(29)23-14-5-6-16(22)15(21)10-14/h5-8,10,12-13H,3-4,9,11H2,1-2H3,(H,23,29). The number of rotatable bonds is 4. The van der Waals surface area contributed by atoms with Gasteiger partial charge in [0.25, 0.3) is 0 Å². The van der Waals surface area contributed by atoms with E-state index in [1.54, 1.807) is 4.52 Å². The summed E-state index contributed by atoms with van der Waals surface area (Å²) in [4.78, 5) is 14.8. The van der Waals surface area contributed by atoms with Crippen molar-refractivity contribution in [1.82, 2.24) is 19.8 Å². The van der Waals surface area contributed by atoms with Crippen LogP contribution in [0.4, 0.5) is 15.9 Å². The summed E-state index contributed by atoms with van der Waals surface area (Å²) in [5.41, 5.74) is 1.20. The zero-order valence-corrected chi connectivity index (χ0v) is 17.0. The van der Waals surface area contributed by atoms with E-state index in [2.05, 4.69) is 20.4 Å². The fourth-order valence-corrected chi connectivity index (χ4v) is 3.72. The molecule has 152 valence electrons. The lowest BCUT2D eigenvalue weighted by Gasteiger charge is -2.32. The highest BCUT2D eigenvalue weighted by molar-refractivity contribution is 6.31. The summed E-state index contributed by atoms with van der Waals surface area (Å²) in [5.74, 6) is 0.990. The van der Waals surface area contributed by atoms with E-state index in [9.17, 15) is 9.18 Å². The predicted octanol–water partition coefficient (Wildman–Crippen LogP) is 3.90. The smallest absolute Gasteiger partial charge is 0.229 e. The molecule has 0 saturated carbocycles. The topological polar surface area (TPSA) is 75.4 Å². The number of amides is 1. The van der Waals surface area contributed by atoms with Crippen LogP contribution < -0.4 is 10.2 Å². The van der Waals surface area contributed by atoms with Crippen LogP contribution in [0.25, 0.3) is 5.65 Å². The molecule has 9 heteroatoms. The molecule has 0 radical (unpaired) electrons. The molecule has 0 aliphatic carbocycles. The molecule has 0 bridgehead atoms. The summed E-state index contributed by atoms with van der Waals surface area (Å²) in [7, 11) is 0. The van der Waals surface area contributed by atoms with Crippen LogP contribution in [0, 0.1) is 11.7 Å². The van der Waals surface area contributed by atoms with Crippen LogP contribution in [0.2, 0.25) is 5.02 Å². The molecule has 7 nitrogen and oxygen atoms in total. The van der Waals surface area contributed by atoms with Gasteiger partial charge in [-0.15, -0.1) is 15.3 Å². The van der Waals surface area contributed by atoms with Crippen LogP contribution in [-0.4, -0.2) is 38.8 Å². The second kappa shape index (κ2) is 7.94. The summed E-state index contributed by atoms with van der Waals surface area (Å²) >= 11 is 5.80. The van der Waals surface area contributed by atoms with Gasteiger partial charge in [-0.3, -0.25) is 4.79 Å². The van der Waals surface area contributed by atoms with Gasteiger partial charge in [-0.1, -0.05) is 25.4 Å². The van der Waals surface area contributed by atoms with Gasteiger partial charge in [-0.25, -0.2) is 4.39 Å². The molecule has 3 heterocycles. The second-order valence-corrected chi connectivity index (χ2v) is 7.98. The van der Waals surface area contributed by atoms with Crippen molar-refractivity contribution in [1.29, 1.82) is 0 Å². The van der Waals surface area contributed by atoms with Crippen LogP contribution in [0.3, 0.4) is 0 Å². The highest BCUT2D eigenvalue weighted by Crippen LogP contribution is 2.25. The molecule has 1 saturated heterocycles. The normalized spacial score (nSPS) is 17.1. The third-order valence-electron chi connectivity index (χ3n) is 5.09. The Labute approximate surface area is 172 Å². The maximum atomic E-state index is 13.3. The van der Waals surface area contributed by atoms with Crippen LogP contribution in [0.5, 0.6) is 0 Å². The lowest BCUT2D eigenvalue weighted by atomic mass is 9.97. The Hall–Kier alpha value is -2.74. The number of carbonyl (C=O) groups excluding carboxylic acids is 1. The van der Waals surface area contributed by atoms with Crippen molar-refractivity contribution in [2.75, 3.05) is 23.3 Å². The molecule has 1 unspecified atom stereocenters. The number of aromatic nitrogens is 4. The SMILES string of the molecule is CC(C)c1nnc2ccc(N3CCCC(C(=O)Nc4ccc(F)c(Cl)c4)C3)nn12. The molecular weight excluding hydrogens is 395 g/mol. The highest BCUT2D eigenvalue weighted by Gasteiger charge is 2.27. The molecule has 1 atom stereocenters. The number of benzene rings is 1. The van der Waals surface area contributed by atoms with Gasteiger partial charge in [0.1, 0.15) is 11.6 Å². The number of piperidine rings is 1. The van der Waals surface area contributed by atoms with Crippen LogP contribution in [0.15, 0.2) is 30.3 Å². The average molecular weight is 417 g/mol. The van der Waals surface area contributed by atoms with Gasteiger partial charge in [-0.05, 0) is 43.2 Å². The van der Waals surface area contributed by atoms with E-state index >= 15 is 0 Å². The van der Waals surface area contributed by atoms with Crippen molar-refractivity contribution in [3.63, 3.8) is 0 Å². The minimum absolute atomic E-state index is 0.0135. The lowest BCUT2D eigenvalue weighted by Crippen LogP contribution is -2.41. The molecule has 1 aromatic carbocycles. The maximum Gasteiger partial charge on any atom is 0.229 e. The summed E-state index contributed by atoms with van der Waals surface area (Å²) < 4.78 is 15.1. The van der Waals surface area contributed by atoms with Crippen molar-refractivity contribution in [2.45, 2.75) is 32.6 Å². The van der Waals surface area contributed by atoms with Crippen LogP contribution in [-0.2, 0) is 4.79 Å². The Morgan fingerprint density at radius 1 is 1.28 bits per heavy atom. The Morgan fingerprint density at radius 2 is 2.10 bits per heavy atom. The first kappa shape index (κ1) is 19.6. The van der Waals surface area contributed by atoms with Crippen molar-refractivity contribution in [2.24, 2.45) is 5.92 Å². The monoisotopic (exact) mass is 416 g/mol. The summed E-state index contributed by atoms with van der Waals surface area (Å²) in [5, 5.41) is 15.9. The van der Waals surface area contributed by atoms with E-state index in [-0.39, 0.29) is 22.8 Å². The molecule has 3 aromatic rings. The van der Waals surface area contributed by atoms with Crippen LogP contribution in [0.1, 0.15) is 38.4 Å². The van der Waals surface area contributed by atoms with Crippen molar-refractivity contribution >= 4 is 34.7 Å². The first-order chi connectivity index (χ1) is 13.9. The first-order valence-electron chi connectivity index (χ1n) is 9.65. The van der Waals surface area contributed by atoms with Crippen LogP contribution >= 0.6 is 11.6 Å². The molecule has 1 aliphatic heterocycles. The largest absolute Gasteiger partial charge is 0.354 e. The molecule has 1 amide bonds. The van der Waals surface area contributed by atoms with Gasteiger partial charge in [0.15, 0.2) is 11.5 Å². The third kappa shape index (κ3) is 4.03. The summed E-state index contributed by atoms with van der Waals surface area (Å²) in [6.45, 7) is 5.48. The molecule has 1 fully saturated rings. The van der Waals surface area contributed by atoms with E-state index in [0.29, 0.717) is 17.9 Å². The summed E-state index contributed by atoms with van der Waals surface area (Å²) in [6, 6.07) is 7.98. The van der Waals surface area contributed by atoms with Crippen molar-refractivity contribution < 1.29 is 9.18 Å². The number of nitrogens with zero attached hydrogens (tertiary/aromatic N) is 5. The molecule has 1 N–H and O–H groups in total. The highest BCUT2D eigenvalue weighted by atomic mass is 35.5. The third-order valence-corrected chi connectivity index (χ3v) is 5.38. The number of halogens is 2. The molecule has 1 aliphatic rings. The van der Waals surface area contributed by atoms with Gasteiger partial charge >= 0.3 is 0 Å². The molecular formula is C20H22ClFN6O. The van der Waals surface area contributed by atoms with E-state index in [0.717, 1.165) is 31.0 Å². The molecule has 4 rings (SSSR count). The van der Waals surface area contributed by atoms with Gasteiger partial charge < -0.3 is 10.2 Å². The van der Waals surface area contributed by atoms with Gasteiger partial charge in [-0.2, -0.15) is 4.52 Å². The van der Waals surface area contributed by atoms with Crippen molar-refractivity contribution in [3.05, 3.63) is 47.0 Å². The predicted molar refractivity (Wildman–Crippen MR) is 110 cm³/mol. The Balaban J connectivity index is 1.50. The average Bonchev–Trinajstić information content (AvgIpc) is 3.14. The van der Waals surface area contributed by atoms with Gasteiger partial charge in [0.05, 0.1) is 10.9 Å². The molecule has 2 aromatic heterocycles. The Kier molecular flexibility index (Phi) is 5.36. The minimum atomic E-state index is -0.510. The number of nitrogens with one attached hydrogen (secondary N) is 1. The summed E-state index contributed by atoms with van der Waals surface area (Å²) in [6.07, 6.45) is 1.66. The fraction of sp³-hybridized carbons (Fsp3) is 0.400. The second-order valence-electron chi connectivity index (χ2n) is 7.58. The number of carbonyl (C=O) groups is 1. The van der Waals surface area contributed by atoms with E-state index < -0.39 is 5.82 Å². The molecule has 29 heavy (non-hydrogen) atoms. The zero-order valence-electron chi connectivity index (χ0n) is 16.3. The Bertz CT molecular complexity index is 1050. The van der Waals surface area contributed by atoms with E-state index in [4.69, 9.17) is 16.7 Å². The lowest BCUT2D eigenvalue weighted by molar-refractivity contribution is -0.120. The van der Waals surface area contributed by atoms with Gasteiger partial charge in [0.2, 0.25) is 5.91 Å². The number of hydrogen-bond acceptors (Lipinski definition) is 5. The first-order valence-corrected chi connectivity index (χ1v) is 10.0. The quantitative estimate of drug-likeness (QED) is 0.698. The fourth-order valence-electron chi connectivity index (χ4n) is 3.54. The zero-order chi connectivity index (χ0) is 20.5. The number of hydrogen-bond donors (Lipinski definition) is 1. The number of anilines is 2. The number of fused-ring (bicyclic) bond motifs is 1. The Morgan fingerprint density at radius 3 is 2.86 bits per heavy atom. The van der Waals surface area contributed by atoms with E-state index in [1.165, 1.54) is 18.2 Å². The minimum Gasteiger partial charge on any atom is -0.354 e. The maximum absolute atomic E-state index is 13.3. The van der Waals surface area contributed by atoms with E-state index in [1.807, 2.05) is 26.0 Å². The van der Waals surface area contributed by atoms with Crippen molar-refractivity contribution in [3.8, 4) is 0 Å². The molecule has 0 spiro atoms. The van der Waals surface area contributed by atoms with Gasteiger partial charge in [0, 0.05) is 24.7 Å².